The SMILES string of the molecule is CCC(C)(CC(C)(CC(C)(C)C(=O)OCCO)C(=O)OCCNS(=O)(=O)C(F)(F)F)C(=O)OC(C)CC(O)(C(F)(F)F)C(F)(F)F. The van der Waals surface area contributed by atoms with E-state index in [1.807, 2.05) is 0 Å². The van der Waals surface area contributed by atoms with Crippen molar-refractivity contribution < 1.29 is 86.7 Å². The number of aliphatic hydroxyl groups is 2. The molecule has 3 unspecified atom stereocenters. The number of halogens is 9. The molecule has 3 N–H and O–H groups in total. The molecule has 0 aliphatic carbocycles. The zero-order chi connectivity index (χ0) is 36.8. The van der Waals surface area contributed by atoms with Crippen LogP contribution in [0.1, 0.15) is 67.2 Å². The zero-order valence-electron chi connectivity index (χ0n) is 25.7. The lowest BCUT2D eigenvalue weighted by molar-refractivity contribution is -0.373. The van der Waals surface area contributed by atoms with Crippen LogP contribution < -0.4 is 4.72 Å². The average molecular weight is 716 g/mol. The maximum atomic E-state index is 13.3. The molecular weight excluding hydrogens is 677 g/mol. The van der Waals surface area contributed by atoms with Crippen LogP contribution in [-0.2, 0) is 38.6 Å². The van der Waals surface area contributed by atoms with E-state index in [-0.39, 0.29) is 6.42 Å². The highest BCUT2D eigenvalue weighted by Crippen LogP contribution is 2.48. The number of carbonyl (C=O) groups excluding carboxylic acids is 3. The first kappa shape index (κ1) is 43.6. The minimum atomic E-state index is -6.20. The maximum absolute atomic E-state index is 13.3. The highest BCUT2D eigenvalue weighted by Gasteiger charge is 2.70. The van der Waals surface area contributed by atoms with Gasteiger partial charge in [-0.1, -0.05) is 6.92 Å². The normalized spacial score (nSPS) is 17.0. The van der Waals surface area contributed by atoms with Gasteiger partial charge in [0.05, 0.1) is 22.9 Å². The number of rotatable bonds is 17. The molecule has 0 aromatic rings. The third-order valence-electron chi connectivity index (χ3n) is 7.02. The van der Waals surface area contributed by atoms with Crippen molar-refractivity contribution in [1.82, 2.24) is 4.72 Å². The van der Waals surface area contributed by atoms with Crippen molar-refractivity contribution in [2.75, 3.05) is 26.4 Å². The second-order valence-electron chi connectivity index (χ2n) is 11.8. The van der Waals surface area contributed by atoms with Crippen LogP contribution in [0, 0.1) is 16.2 Å². The van der Waals surface area contributed by atoms with Crippen molar-refractivity contribution in [2.24, 2.45) is 16.2 Å². The van der Waals surface area contributed by atoms with Crippen LogP contribution in [0.5, 0.6) is 0 Å². The summed E-state index contributed by atoms with van der Waals surface area (Å²) in [5, 5.41) is 18.4. The van der Waals surface area contributed by atoms with Crippen LogP contribution in [0.4, 0.5) is 39.5 Å². The van der Waals surface area contributed by atoms with Gasteiger partial charge in [0.2, 0.25) is 0 Å². The van der Waals surface area contributed by atoms with Crippen molar-refractivity contribution in [3.05, 3.63) is 0 Å². The van der Waals surface area contributed by atoms with Gasteiger partial charge in [-0.15, -0.1) is 0 Å². The number of ether oxygens (including phenoxy) is 3. The van der Waals surface area contributed by atoms with Gasteiger partial charge in [0.25, 0.3) is 5.60 Å². The largest absolute Gasteiger partial charge is 0.511 e. The Morgan fingerprint density at radius 3 is 1.67 bits per heavy atom. The van der Waals surface area contributed by atoms with E-state index in [1.165, 1.54) is 20.8 Å². The molecule has 0 fully saturated rings. The van der Waals surface area contributed by atoms with Gasteiger partial charge in [-0.3, -0.25) is 14.4 Å². The molecule has 0 aliphatic rings. The third kappa shape index (κ3) is 11.1. The van der Waals surface area contributed by atoms with Crippen molar-refractivity contribution in [3.8, 4) is 0 Å². The Bertz CT molecular complexity index is 1160. The monoisotopic (exact) mass is 715 g/mol. The Morgan fingerprint density at radius 2 is 1.26 bits per heavy atom. The van der Waals surface area contributed by atoms with E-state index in [0.29, 0.717) is 6.92 Å². The number of nitrogens with one attached hydrogen (secondary N) is 1. The van der Waals surface area contributed by atoms with Crippen LogP contribution in [0.15, 0.2) is 0 Å². The van der Waals surface area contributed by atoms with E-state index in [2.05, 4.69) is 0 Å². The van der Waals surface area contributed by atoms with Gasteiger partial charge in [-0.05, 0) is 53.9 Å². The van der Waals surface area contributed by atoms with E-state index in [1.54, 1.807) is 0 Å². The van der Waals surface area contributed by atoms with Gasteiger partial charge in [0.1, 0.15) is 19.3 Å². The van der Waals surface area contributed by atoms with E-state index in [0.717, 1.165) is 18.6 Å². The molecule has 0 saturated heterocycles. The summed E-state index contributed by atoms with van der Waals surface area (Å²) in [5.41, 5.74) is -16.4. The van der Waals surface area contributed by atoms with Crippen molar-refractivity contribution in [3.63, 3.8) is 0 Å². The van der Waals surface area contributed by atoms with Gasteiger partial charge >= 0.3 is 45.8 Å². The first-order chi connectivity index (χ1) is 20.4. The Balaban J connectivity index is 6.32. The Labute approximate surface area is 259 Å². The summed E-state index contributed by atoms with van der Waals surface area (Å²) in [6, 6.07) is 0. The number of alkyl halides is 9. The second kappa shape index (κ2) is 15.2. The molecule has 0 rings (SSSR count). The van der Waals surface area contributed by atoms with Crippen LogP contribution >= 0.6 is 0 Å². The molecule has 21 heteroatoms. The molecule has 11 nitrogen and oxygen atoms in total. The van der Waals surface area contributed by atoms with Crippen LogP contribution in [0.2, 0.25) is 0 Å². The summed E-state index contributed by atoms with van der Waals surface area (Å²) in [7, 11) is -5.81. The maximum Gasteiger partial charge on any atom is 0.511 e. The van der Waals surface area contributed by atoms with Gasteiger partial charge in [-0.25, -0.2) is 13.1 Å². The second-order valence-corrected chi connectivity index (χ2v) is 13.6. The first-order valence-corrected chi connectivity index (χ1v) is 14.9. The lowest BCUT2D eigenvalue weighted by Gasteiger charge is -2.40. The fraction of sp³-hybridized carbons (Fsp3) is 0.880. The topological polar surface area (TPSA) is 166 Å². The molecule has 0 bridgehead atoms. The van der Waals surface area contributed by atoms with Gasteiger partial charge in [-0.2, -0.15) is 39.5 Å². The van der Waals surface area contributed by atoms with Crippen molar-refractivity contribution in [2.45, 2.75) is 96.8 Å². The van der Waals surface area contributed by atoms with E-state index >= 15 is 0 Å². The molecule has 0 aromatic carbocycles. The standard InChI is InChI=1S/C25H38F9NO10S/c1-7-20(5,18(39)45-15(2)12-22(40,23(26,27)28)24(29,30)31)14-21(6,13-19(3,4)16(37)44-11-9-36)17(38)43-10-8-35-46(41,42)25(32,33)34/h15,35-36,40H,7-14H2,1-6H3. The molecule has 0 spiro atoms. The van der Waals surface area contributed by atoms with Crippen LogP contribution in [-0.4, -0.2) is 92.5 Å². The van der Waals surface area contributed by atoms with E-state index in [4.69, 9.17) is 19.3 Å². The quantitative estimate of drug-likeness (QED) is 0.0871. The first-order valence-electron chi connectivity index (χ1n) is 13.4. The number of hydrogen-bond donors (Lipinski definition) is 3. The van der Waals surface area contributed by atoms with E-state index < -0.39 is 119 Å². The third-order valence-corrected chi connectivity index (χ3v) is 8.21. The van der Waals surface area contributed by atoms with Crippen LogP contribution in [0.3, 0.4) is 0 Å². The molecule has 46 heavy (non-hydrogen) atoms. The summed E-state index contributed by atoms with van der Waals surface area (Å²) in [4.78, 5) is 39.1. The predicted molar refractivity (Wildman–Crippen MR) is 139 cm³/mol. The number of aliphatic hydroxyl groups excluding tert-OH is 1. The van der Waals surface area contributed by atoms with Crippen LogP contribution in [0.25, 0.3) is 0 Å². The lowest BCUT2D eigenvalue weighted by Crippen LogP contribution is -2.58. The fourth-order valence-corrected chi connectivity index (χ4v) is 5.06. The molecule has 0 radical (unpaired) electrons. The molecule has 0 heterocycles. The molecule has 0 saturated carbocycles. The predicted octanol–water partition coefficient (Wildman–Crippen LogP) is 3.91. The zero-order valence-corrected chi connectivity index (χ0v) is 26.5. The van der Waals surface area contributed by atoms with Crippen molar-refractivity contribution in [1.29, 1.82) is 0 Å². The van der Waals surface area contributed by atoms with E-state index in [9.17, 15) is 67.4 Å². The Kier molecular flexibility index (Phi) is 14.4. The van der Waals surface area contributed by atoms with Gasteiger partial charge < -0.3 is 24.4 Å². The molecule has 0 aliphatic heterocycles. The fourth-order valence-electron chi connectivity index (χ4n) is 4.54. The summed E-state index contributed by atoms with van der Waals surface area (Å²) in [5.74, 6) is -3.66. The lowest BCUT2D eigenvalue weighted by atomic mass is 9.65. The number of carbonyl (C=O) groups is 3. The summed E-state index contributed by atoms with van der Waals surface area (Å²) in [6.45, 7) is 3.73. The smallest absolute Gasteiger partial charge is 0.464 e. The molecule has 0 aromatic heterocycles. The highest BCUT2D eigenvalue weighted by molar-refractivity contribution is 7.90. The summed E-state index contributed by atoms with van der Waals surface area (Å²) >= 11 is 0. The summed E-state index contributed by atoms with van der Waals surface area (Å²) in [6.07, 6.45) is -18.2. The highest BCUT2D eigenvalue weighted by atomic mass is 32.2. The Morgan fingerprint density at radius 1 is 0.783 bits per heavy atom. The molecule has 3 atom stereocenters. The number of sulfonamides is 1. The average Bonchev–Trinajstić information content (AvgIpc) is 2.86. The molecule has 0 amide bonds. The number of esters is 3. The van der Waals surface area contributed by atoms with Gasteiger partial charge in [0.15, 0.2) is 0 Å². The molecule has 272 valence electrons. The minimum Gasteiger partial charge on any atom is -0.464 e. The minimum absolute atomic E-state index is 0.273. The van der Waals surface area contributed by atoms with Crippen molar-refractivity contribution >= 4 is 27.9 Å². The molecular formula is C25H38F9NO10S. The van der Waals surface area contributed by atoms with Gasteiger partial charge in [0, 0.05) is 13.0 Å². The number of hydrogen-bond acceptors (Lipinski definition) is 10. The summed E-state index contributed by atoms with van der Waals surface area (Å²) < 4.78 is 155. The Hall–Kier alpha value is -2.39.